The lowest BCUT2D eigenvalue weighted by atomic mass is 10.1. The topological polar surface area (TPSA) is 41.6 Å². The van der Waals surface area contributed by atoms with Crippen molar-refractivity contribution in [1.82, 2.24) is 10.2 Å². The molecule has 2 heterocycles. The molecule has 2 rings (SSSR count). The molecule has 1 N–H and O–H groups in total. The summed E-state index contributed by atoms with van der Waals surface area (Å²) in [7, 11) is 1.70. The fourth-order valence-electron chi connectivity index (χ4n) is 2.34. The Morgan fingerprint density at radius 2 is 2.47 bits per heavy atom. The van der Waals surface area contributed by atoms with Gasteiger partial charge in [-0.3, -0.25) is 4.79 Å². The van der Waals surface area contributed by atoms with Gasteiger partial charge in [0.25, 0.3) is 0 Å². The molecule has 0 spiro atoms. The highest BCUT2D eigenvalue weighted by Crippen LogP contribution is 2.23. The minimum absolute atomic E-state index is 0.196. The molecule has 106 valence electrons. The minimum atomic E-state index is 0.196. The van der Waals surface area contributed by atoms with Crippen LogP contribution in [0.4, 0.5) is 0 Å². The van der Waals surface area contributed by atoms with Gasteiger partial charge in [-0.05, 0) is 29.3 Å². The Balaban J connectivity index is 1.73. The van der Waals surface area contributed by atoms with Crippen LogP contribution in [-0.2, 0) is 22.5 Å². The third kappa shape index (κ3) is 4.03. The third-order valence-electron chi connectivity index (χ3n) is 3.38. The van der Waals surface area contributed by atoms with E-state index in [4.69, 9.17) is 4.74 Å². The van der Waals surface area contributed by atoms with Gasteiger partial charge in [-0.1, -0.05) is 6.92 Å². The molecule has 1 aromatic rings. The molecule has 1 unspecified atom stereocenters. The molecule has 0 saturated heterocycles. The largest absolute Gasteiger partial charge is 0.384 e. The van der Waals surface area contributed by atoms with Crippen molar-refractivity contribution in [3.63, 3.8) is 0 Å². The van der Waals surface area contributed by atoms with Crippen molar-refractivity contribution in [2.45, 2.75) is 19.9 Å². The molecule has 19 heavy (non-hydrogen) atoms. The molecule has 5 heteroatoms. The molecular formula is C14H22N2O2S. The Morgan fingerprint density at radius 1 is 1.63 bits per heavy atom. The van der Waals surface area contributed by atoms with E-state index in [2.05, 4.69) is 23.7 Å². The average molecular weight is 282 g/mol. The van der Waals surface area contributed by atoms with Crippen molar-refractivity contribution in [1.29, 1.82) is 0 Å². The van der Waals surface area contributed by atoms with E-state index in [0.29, 0.717) is 12.5 Å². The summed E-state index contributed by atoms with van der Waals surface area (Å²) in [4.78, 5) is 15.5. The molecule has 0 radical (unpaired) electrons. The number of thiophene rings is 1. The van der Waals surface area contributed by atoms with E-state index < -0.39 is 0 Å². The summed E-state index contributed by atoms with van der Waals surface area (Å²) in [6, 6.07) is 2.13. The second-order valence-electron chi connectivity index (χ2n) is 5.13. The van der Waals surface area contributed by atoms with E-state index in [1.54, 1.807) is 18.4 Å². The Labute approximate surface area is 118 Å². The van der Waals surface area contributed by atoms with Crippen LogP contribution in [0, 0.1) is 5.92 Å². The molecule has 1 atom stereocenters. The highest BCUT2D eigenvalue weighted by Gasteiger charge is 2.20. The zero-order valence-corrected chi connectivity index (χ0v) is 12.5. The fraction of sp³-hybridized carbons (Fsp3) is 0.643. The zero-order chi connectivity index (χ0) is 13.7. The SMILES string of the molecule is COCC(C)CNCC(=O)N1CCc2sccc2C1. The van der Waals surface area contributed by atoms with Crippen molar-refractivity contribution in [2.24, 2.45) is 5.92 Å². The summed E-state index contributed by atoms with van der Waals surface area (Å²) >= 11 is 1.80. The first-order valence-electron chi connectivity index (χ1n) is 6.73. The quantitative estimate of drug-likeness (QED) is 0.860. The van der Waals surface area contributed by atoms with E-state index >= 15 is 0 Å². The van der Waals surface area contributed by atoms with Gasteiger partial charge in [0.15, 0.2) is 0 Å². The van der Waals surface area contributed by atoms with Crippen LogP contribution in [0.25, 0.3) is 0 Å². The maximum atomic E-state index is 12.1. The second kappa shape index (κ2) is 7.03. The average Bonchev–Trinajstić information content (AvgIpc) is 2.86. The van der Waals surface area contributed by atoms with Crippen LogP contribution >= 0.6 is 11.3 Å². The molecule has 0 aliphatic carbocycles. The lowest BCUT2D eigenvalue weighted by molar-refractivity contribution is -0.131. The molecule has 1 amide bonds. The summed E-state index contributed by atoms with van der Waals surface area (Å²) in [6.07, 6.45) is 0.999. The number of carbonyl (C=O) groups excluding carboxylic acids is 1. The summed E-state index contributed by atoms with van der Waals surface area (Å²) in [6.45, 7) is 5.70. The van der Waals surface area contributed by atoms with Crippen LogP contribution in [0.15, 0.2) is 11.4 Å². The Kier molecular flexibility index (Phi) is 5.36. The number of nitrogens with zero attached hydrogens (tertiary/aromatic N) is 1. The minimum Gasteiger partial charge on any atom is -0.384 e. The first kappa shape index (κ1) is 14.5. The summed E-state index contributed by atoms with van der Waals surface area (Å²) in [5.74, 6) is 0.629. The predicted molar refractivity (Wildman–Crippen MR) is 77.3 cm³/mol. The standard InChI is InChI=1S/C14H22N2O2S/c1-11(10-18-2)7-15-8-14(17)16-5-3-13-12(9-16)4-6-19-13/h4,6,11,15H,3,5,7-10H2,1-2H3. The number of fused-ring (bicyclic) bond motifs is 1. The van der Waals surface area contributed by atoms with Crippen LogP contribution in [0.5, 0.6) is 0 Å². The maximum absolute atomic E-state index is 12.1. The molecule has 0 aromatic carbocycles. The van der Waals surface area contributed by atoms with Crippen LogP contribution in [-0.4, -0.2) is 44.2 Å². The predicted octanol–water partition coefficient (Wildman–Crippen LogP) is 1.50. The lowest BCUT2D eigenvalue weighted by Gasteiger charge is -2.27. The van der Waals surface area contributed by atoms with Gasteiger partial charge in [0.1, 0.15) is 0 Å². The van der Waals surface area contributed by atoms with Gasteiger partial charge in [0.2, 0.25) is 5.91 Å². The lowest BCUT2D eigenvalue weighted by Crippen LogP contribution is -2.41. The normalized spacial score (nSPS) is 16.2. The number of hydrogen-bond acceptors (Lipinski definition) is 4. The van der Waals surface area contributed by atoms with Gasteiger partial charge in [0.05, 0.1) is 6.54 Å². The van der Waals surface area contributed by atoms with Gasteiger partial charge in [0, 0.05) is 38.2 Å². The number of carbonyl (C=O) groups is 1. The van der Waals surface area contributed by atoms with Crippen molar-refractivity contribution >= 4 is 17.2 Å². The molecule has 4 nitrogen and oxygen atoms in total. The van der Waals surface area contributed by atoms with Crippen LogP contribution in [0.3, 0.4) is 0 Å². The number of rotatable bonds is 6. The van der Waals surface area contributed by atoms with Crippen LogP contribution in [0.2, 0.25) is 0 Å². The maximum Gasteiger partial charge on any atom is 0.236 e. The highest BCUT2D eigenvalue weighted by atomic mass is 32.1. The van der Waals surface area contributed by atoms with E-state index in [0.717, 1.165) is 32.7 Å². The van der Waals surface area contributed by atoms with Crippen molar-refractivity contribution in [2.75, 3.05) is 33.4 Å². The molecule has 1 aliphatic rings. The number of amides is 1. The summed E-state index contributed by atoms with van der Waals surface area (Å²) in [5, 5.41) is 5.33. The smallest absolute Gasteiger partial charge is 0.236 e. The first-order chi connectivity index (χ1) is 9.20. The molecule has 1 aromatic heterocycles. The molecule has 0 saturated carbocycles. The summed E-state index contributed by atoms with van der Waals surface area (Å²) in [5.41, 5.74) is 1.32. The fourth-order valence-corrected chi connectivity index (χ4v) is 3.23. The van der Waals surface area contributed by atoms with E-state index in [1.807, 2.05) is 4.90 Å². The van der Waals surface area contributed by atoms with Gasteiger partial charge in [-0.2, -0.15) is 0 Å². The van der Waals surface area contributed by atoms with Gasteiger partial charge in [-0.15, -0.1) is 11.3 Å². The van der Waals surface area contributed by atoms with Crippen LogP contribution in [0.1, 0.15) is 17.4 Å². The van der Waals surface area contributed by atoms with Crippen molar-refractivity contribution < 1.29 is 9.53 Å². The monoisotopic (exact) mass is 282 g/mol. The van der Waals surface area contributed by atoms with Gasteiger partial charge >= 0.3 is 0 Å². The molecule has 0 bridgehead atoms. The zero-order valence-electron chi connectivity index (χ0n) is 11.6. The number of ether oxygens (including phenoxy) is 1. The van der Waals surface area contributed by atoms with Gasteiger partial charge < -0.3 is 15.0 Å². The Bertz CT molecular complexity index is 419. The first-order valence-corrected chi connectivity index (χ1v) is 7.61. The number of nitrogens with one attached hydrogen (secondary N) is 1. The molecule has 0 fully saturated rings. The number of methoxy groups -OCH3 is 1. The third-order valence-corrected chi connectivity index (χ3v) is 4.40. The van der Waals surface area contributed by atoms with Gasteiger partial charge in [-0.25, -0.2) is 0 Å². The van der Waals surface area contributed by atoms with E-state index in [-0.39, 0.29) is 5.91 Å². The van der Waals surface area contributed by atoms with E-state index in [9.17, 15) is 4.79 Å². The summed E-state index contributed by atoms with van der Waals surface area (Å²) < 4.78 is 5.07. The number of hydrogen-bond donors (Lipinski definition) is 1. The van der Waals surface area contributed by atoms with Crippen LogP contribution < -0.4 is 5.32 Å². The Morgan fingerprint density at radius 3 is 3.26 bits per heavy atom. The van der Waals surface area contributed by atoms with E-state index in [1.165, 1.54) is 10.4 Å². The Hall–Kier alpha value is -0.910. The van der Waals surface area contributed by atoms with Crippen molar-refractivity contribution in [3.05, 3.63) is 21.9 Å². The molecule has 1 aliphatic heterocycles. The second-order valence-corrected chi connectivity index (χ2v) is 6.13. The highest BCUT2D eigenvalue weighted by molar-refractivity contribution is 7.10. The molecular weight excluding hydrogens is 260 g/mol. The van der Waals surface area contributed by atoms with Crippen molar-refractivity contribution in [3.8, 4) is 0 Å².